The predicted molar refractivity (Wildman–Crippen MR) is 66.9 cm³/mol. The summed E-state index contributed by atoms with van der Waals surface area (Å²) in [6.45, 7) is 1.64. The molecule has 8 nitrogen and oxygen atoms in total. The van der Waals surface area contributed by atoms with Crippen molar-refractivity contribution >= 4 is 35.0 Å². The smallest absolute Gasteiger partial charge is 0.326 e. The van der Waals surface area contributed by atoms with Crippen LogP contribution in [0.2, 0.25) is 5.02 Å². The Bertz CT molecular complexity index is 531. The molecule has 0 spiro atoms. The van der Waals surface area contributed by atoms with Crippen LogP contribution in [0.15, 0.2) is 12.1 Å². The first-order valence-electron chi connectivity index (χ1n) is 4.68. The van der Waals surface area contributed by atoms with Gasteiger partial charge in [-0.1, -0.05) is 11.6 Å². The van der Waals surface area contributed by atoms with Crippen LogP contribution in [0.4, 0.5) is 16.2 Å². The Balaban J connectivity index is 3.11. The quantitative estimate of drug-likeness (QED) is 0.281. The number of urea groups is 1. The molecule has 0 aromatic heterocycles. The molecule has 5 N–H and O–H groups in total. The summed E-state index contributed by atoms with van der Waals surface area (Å²) in [5, 5.41) is 21.8. The monoisotopic (exact) mass is 271 g/mol. The Morgan fingerprint density at radius 2 is 2.17 bits per heavy atom. The van der Waals surface area contributed by atoms with E-state index in [0.29, 0.717) is 5.56 Å². The Hall–Kier alpha value is -2.35. The molecule has 1 aromatic carbocycles. The van der Waals surface area contributed by atoms with Gasteiger partial charge in [0.25, 0.3) is 5.69 Å². The van der Waals surface area contributed by atoms with E-state index in [0.717, 1.165) is 0 Å². The van der Waals surface area contributed by atoms with Crippen molar-refractivity contribution in [3.63, 3.8) is 0 Å². The molecule has 0 radical (unpaired) electrons. The number of halogens is 1. The number of nitro benzene ring substituents is 1. The summed E-state index contributed by atoms with van der Waals surface area (Å²) >= 11 is 5.83. The SMILES string of the molecule is Cc1cc(Cl)c(NC(=O)NC(=N)N)c([N+](=O)[O-])c1. The first-order valence-corrected chi connectivity index (χ1v) is 5.05. The topological polar surface area (TPSA) is 134 Å². The molecule has 0 bridgehead atoms. The summed E-state index contributed by atoms with van der Waals surface area (Å²) in [4.78, 5) is 21.5. The summed E-state index contributed by atoms with van der Waals surface area (Å²) < 4.78 is 0. The maximum atomic E-state index is 11.3. The largest absolute Gasteiger partial charge is 0.370 e. The molecule has 0 unspecified atom stereocenters. The maximum Gasteiger partial charge on any atom is 0.326 e. The molecule has 0 saturated carbocycles. The number of anilines is 1. The van der Waals surface area contributed by atoms with Gasteiger partial charge in [-0.05, 0) is 18.6 Å². The number of rotatable bonds is 2. The average molecular weight is 272 g/mol. The number of aryl methyl sites for hydroxylation is 1. The van der Waals surface area contributed by atoms with Crippen molar-refractivity contribution in [2.75, 3.05) is 5.32 Å². The second-order valence-electron chi connectivity index (χ2n) is 3.39. The third-order valence-electron chi connectivity index (χ3n) is 1.90. The zero-order valence-corrected chi connectivity index (χ0v) is 10.0. The highest BCUT2D eigenvalue weighted by molar-refractivity contribution is 6.34. The van der Waals surface area contributed by atoms with Crippen LogP contribution in [0.25, 0.3) is 0 Å². The third-order valence-corrected chi connectivity index (χ3v) is 2.20. The number of nitrogens with zero attached hydrogens (tertiary/aromatic N) is 1. The molecular weight excluding hydrogens is 262 g/mol. The lowest BCUT2D eigenvalue weighted by molar-refractivity contribution is -0.383. The molecule has 0 heterocycles. The molecule has 0 aliphatic carbocycles. The van der Waals surface area contributed by atoms with Crippen LogP contribution in [0.5, 0.6) is 0 Å². The van der Waals surface area contributed by atoms with Crippen molar-refractivity contribution in [3.05, 3.63) is 32.8 Å². The van der Waals surface area contributed by atoms with E-state index in [1.807, 2.05) is 5.32 Å². The molecule has 0 atom stereocenters. The van der Waals surface area contributed by atoms with Gasteiger partial charge in [-0.2, -0.15) is 0 Å². The molecule has 9 heteroatoms. The van der Waals surface area contributed by atoms with Crippen LogP contribution >= 0.6 is 11.6 Å². The lowest BCUT2D eigenvalue weighted by Crippen LogP contribution is -2.38. The average Bonchev–Trinajstić information content (AvgIpc) is 2.20. The van der Waals surface area contributed by atoms with Crippen molar-refractivity contribution in [1.29, 1.82) is 5.41 Å². The fraction of sp³-hybridized carbons (Fsp3) is 0.111. The Labute approximate surface area is 107 Å². The lowest BCUT2D eigenvalue weighted by Gasteiger charge is -2.09. The van der Waals surface area contributed by atoms with Gasteiger partial charge in [-0.15, -0.1) is 0 Å². The van der Waals surface area contributed by atoms with Crippen LogP contribution in [0, 0.1) is 22.4 Å². The molecule has 1 aromatic rings. The van der Waals surface area contributed by atoms with Gasteiger partial charge in [0, 0.05) is 6.07 Å². The summed E-state index contributed by atoms with van der Waals surface area (Å²) in [6.07, 6.45) is 0. The van der Waals surface area contributed by atoms with Crippen LogP contribution in [0.3, 0.4) is 0 Å². The number of nitrogens with one attached hydrogen (secondary N) is 3. The van der Waals surface area contributed by atoms with Gasteiger partial charge in [0.15, 0.2) is 5.96 Å². The second-order valence-corrected chi connectivity index (χ2v) is 3.80. The van der Waals surface area contributed by atoms with E-state index in [2.05, 4.69) is 5.32 Å². The normalized spacial score (nSPS) is 9.67. The van der Waals surface area contributed by atoms with E-state index in [1.165, 1.54) is 12.1 Å². The first-order chi connectivity index (χ1) is 8.31. The van der Waals surface area contributed by atoms with Crippen LogP contribution in [-0.2, 0) is 0 Å². The number of carbonyl (C=O) groups excluding carboxylic acids is 1. The van der Waals surface area contributed by atoms with Gasteiger partial charge < -0.3 is 11.1 Å². The predicted octanol–water partition coefficient (Wildman–Crippen LogP) is 1.57. The zero-order valence-electron chi connectivity index (χ0n) is 9.28. The van der Waals surface area contributed by atoms with E-state index in [4.69, 9.17) is 22.7 Å². The van der Waals surface area contributed by atoms with Gasteiger partial charge in [0.2, 0.25) is 0 Å². The highest BCUT2D eigenvalue weighted by Gasteiger charge is 2.20. The standard InChI is InChI=1S/C9H10ClN5O3/c1-4-2-5(10)7(6(3-4)15(17)18)13-9(16)14-8(11)12/h2-3H,1H3,(H5,11,12,13,14,16). The fourth-order valence-corrected chi connectivity index (χ4v) is 1.57. The van der Waals surface area contributed by atoms with Crippen LogP contribution in [0.1, 0.15) is 5.56 Å². The van der Waals surface area contributed by atoms with Crippen LogP contribution < -0.4 is 16.4 Å². The molecular formula is C9H10ClN5O3. The highest BCUT2D eigenvalue weighted by Crippen LogP contribution is 2.33. The maximum absolute atomic E-state index is 11.3. The number of guanidine groups is 1. The molecule has 1 rings (SSSR count). The molecule has 96 valence electrons. The van der Waals surface area contributed by atoms with Gasteiger partial charge >= 0.3 is 6.03 Å². The zero-order chi connectivity index (χ0) is 13.9. The Kier molecular flexibility index (Phi) is 4.05. The van der Waals surface area contributed by atoms with E-state index in [1.54, 1.807) is 6.92 Å². The minimum Gasteiger partial charge on any atom is -0.370 e. The second kappa shape index (κ2) is 5.32. The Morgan fingerprint density at radius 1 is 1.56 bits per heavy atom. The molecule has 18 heavy (non-hydrogen) atoms. The van der Waals surface area contributed by atoms with Crippen LogP contribution in [-0.4, -0.2) is 16.9 Å². The highest BCUT2D eigenvalue weighted by atomic mass is 35.5. The number of nitro groups is 1. The van der Waals surface area contributed by atoms with Crippen molar-refractivity contribution in [3.8, 4) is 0 Å². The lowest BCUT2D eigenvalue weighted by atomic mass is 10.2. The summed E-state index contributed by atoms with van der Waals surface area (Å²) in [7, 11) is 0. The summed E-state index contributed by atoms with van der Waals surface area (Å²) in [6, 6.07) is 1.86. The summed E-state index contributed by atoms with van der Waals surface area (Å²) in [5.74, 6) is -0.585. The molecule has 0 aliphatic rings. The molecule has 0 fully saturated rings. The minimum absolute atomic E-state index is 0.0282. The fourth-order valence-electron chi connectivity index (χ4n) is 1.26. The van der Waals surface area contributed by atoms with Gasteiger partial charge in [0.05, 0.1) is 9.95 Å². The van der Waals surface area contributed by atoms with E-state index in [-0.39, 0.29) is 16.4 Å². The van der Waals surface area contributed by atoms with Gasteiger partial charge in [0.1, 0.15) is 5.69 Å². The number of carbonyl (C=O) groups is 1. The minimum atomic E-state index is -0.878. The number of hydrogen-bond acceptors (Lipinski definition) is 4. The number of benzene rings is 1. The summed E-state index contributed by atoms with van der Waals surface area (Å²) in [5.41, 5.74) is 5.06. The number of nitrogens with two attached hydrogens (primary N) is 1. The molecule has 0 aliphatic heterocycles. The van der Waals surface area contributed by atoms with Crippen molar-refractivity contribution in [2.24, 2.45) is 5.73 Å². The van der Waals surface area contributed by atoms with Crippen molar-refractivity contribution in [1.82, 2.24) is 5.32 Å². The number of hydrogen-bond donors (Lipinski definition) is 4. The van der Waals surface area contributed by atoms with Crippen molar-refractivity contribution < 1.29 is 9.72 Å². The van der Waals surface area contributed by atoms with Gasteiger partial charge in [-0.3, -0.25) is 20.8 Å². The first kappa shape index (κ1) is 13.7. The number of amides is 2. The Morgan fingerprint density at radius 3 is 2.67 bits per heavy atom. The molecule has 2 amide bonds. The van der Waals surface area contributed by atoms with E-state index >= 15 is 0 Å². The van der Waals surface area contributed by atoms with E-state index in [9.17, 15) is 14.9 Å². The third kappa shape index (κ3) is 3.32. The van der Waals surface area contributed by atoms with Crippen molar-refractivity contribution in [2.45, 2.75) is 6.92 Å². The molecule has 0 saturated heterocycles. The van der Waals surface area contributed by atoms with Gasteiger partial charge in [-0.25, -0.2) is 4.79 Å². The van der Waals surface area contributed by atoms with E-state index < -0.39 is 16.9 Å².